The zero-order valence-electron chi connectivity index (χ0n) is 12.0. The number of carbonyl (C=O) groups excluding carboxylic acids is 1. The molecule has 2 aromatic rings. The first-order valence-electron chi connectivity index (χ1n) is 6.79. The predicted octanol–water partition coefficient (Wildman–Crippen LogP) is 3.45. The normalized spacial score (nSPS) is 13.4. The van der Waals surface area contributed by atoms with E-state index in [1.54, 1.807) is 31.2 Å². The van der Waals surface area contributed by atoms with E-state index in [9.17, 15) is 14.7 Å². The maximum Gasteiger partial charge on any atom is 0.334 e. The van der Waals surface area contributed by atoms with Gasteiger partial charge in [-0.3, -0.25) is 4.79 Å². The highest BCUT2D eigenvalue weighted by Gasteiger charge is 2.40. The van der Waals surface area contributed by atoms with E-state index in [0.717, 1.165) is 5.56 Å². The number of benzene rings is 1. The van der Waals surface area contributed by atoms with Crippen molar-refractivity contribution in [2.45, 2.75) is 25.3 Å². The van der Waals surface area contributed by atoms with Crippen LogP contribution in [0.15, 0.2) is 41.1 Å². The Hall–Kier alpha value is -1.85. The van der Waals surface area contributed by atoms with Gasteiger partial charge in [0.15, 0.2) is 5.54 Å². The minimum absolute atomic E-state index is 0.159. The summed E-state index contributed by atoms with van der Waals surface area (Å²) in [7, 11) is 0. The van der Waals surface area contributed by atoms with Gasteiger partial charge in [0.1, 0.15) is 0 Å². The predicted molar refractivity (Wildman–Crippen MR) is 87.2 cm³/mol. The Kier molecular flexibility index (Phi) is 5.21. The molecule has 1 atom stereocenters. The minimum atomic E-state index is -1.45. The Morgan fingerprint density at radius 1 is 1.27 bits per heavy atom. The quantitative estimate of drug-likeness (QED) is 0.848. The highest BCUT2D eigenvalue weighted by atomic mass is 35.5. The Morgan fingerprint density at radius 2 is 1.95 bits per heavy atom. The molecule has 0 aliphatic carbocycles. The van der Waals surface area contributed by atoms with E-state index in [1.807, 2.05) is 16.8 Å². The molecule has 1 aromatic heterocycles. The van der Waals surface area contributed by atoms with Crippen LogP contribution in [0.2, 0.25) is 5.02 Å². The van der Waals surface area contributed by atoms with Crippen molar-refractivity contribution in [1.82, 2.24) is 5.32 Å². The second kappa shape index (κ2) is 6.94. The molecule has 4 nitrogen and oxygen atoms in total. The fourth-order valence-corrected chi connectivity index (χ4v) is 3.08. The number of hydrogen-bond acceptors (Lipinski definition) is 3. The van der Waals surface area contributed by atoms with Crippen molar-refractivity contribution in [2.24, 2.45) is 0 Å². The smallest absolute Gasteiger partial charge is 0.334 e. The molecule has 22 heavy (non-hydrogen) atoms. The molecule has 0 saturated heterocycles. The Bertz CT molecular complexity index is 655. The minimum Gasteiger partial charge on any atom is -0.479 e. The number of carboxylic acid groups (broad SMARTS) is 1. The molecule has 0 saturated carbocycles. The summed E-state index contributed by atoms with van der Waals surface area (Å²) in [6, 6.07) is 8.35. The van der Waals surface area contributed by atoms with E-state index < -0.39 is 11.5 Å². The van der Waals surface area contributed by atoms with Crippen LogP contribution in [0, 0.1) is 0 Å². The number of nitrogens with one attached hydrogen (secondary N) is 1. The van der Waals surface area contributed by atoms with E-state index in [-0.39, 0.29) is 18.7 Å². The summed E-state index contributed by atoms with van der Waals surface area (Å²) < 4.78 is 0. The number of halogens is 1. The van der Waals surface area contributed by atoms with Gasteiger partial charge >= 0.3 is 5.97 Å². The number of carboxylic acids is 1. The Labute approximate surface area is 137 Å². The lowest BCUT2D eigenvalue weighted by atomic mass is 9.87. The van der Waals surface area contributed by atoms with E-state index >= 15 is 0 Å². The van der Waals surface area contributed by atoms with Gasteiger partial charge < -0.3 is 10.4 Å². The summed E-state index contributed by atoms with van der Waals surface area (Å²) in [5, 5.41) is 16.6. The summed E-state index contributed by atoms with van der Waals surface area (Å²) in [6.45, 7) is 1.73. The van der Waals surface area contributed by atoms with E-state index in [4.69, 9.17) is 11.6 Å². The van der Waals surface area contributed by atoms with E-state index in [1.165, 1.54) is 11.3 Å². The number of rotatable bonds is 6. The zero-order chi connectivity index (χ0) is 16.2. The third-order valence-corrected chi connectivity index (χ3v) is 4.51. The maximum absolute atomic E-state index is 12.2. The Morgan fingerprint density at radius 3 is 2.45 bits per heavy atom. The van der Waals surface area contributed by atoms with Crippen LogP contribution in [0.1, 0.15) is 24.5 Å². The lowest BCUT2D eigenvalue weighted by molar-refractivity contribution is -0.148. The van der Waals surface area contributed by atoms with Gasteiger partial charge in [0.05, 0.1) is 6.42 Å². The fourth-order valence-electron chi connectivity index (χ4n) is 2.29. The van der Waals surface area contributed by atoms with Gasteiger partial charge in [0.2, 0.25) is 5.91 Å². The molecule has 2 rings (SSSR count). The second-order valence-electron chi connectivity index (χ2n) is 4.93. The number of thiophene rings is 1. The van der Waals surface area contributed by atoms with Crippen LogP contribution in [0.3, 0.4) is 0 Å². The van der Waals surface area contributed by atoms with Crippen LogP contribution in [-0.4, -0.2) is 17.0 Å². The molecule has 0 bridgehead atoms. The number of amides is 1. The van der Waals surface area contributed by atoms with Crippen molar-refractivity contribution in [1.29, 1.82) is 0 Å². The fraction of sp³-hybridized carbons (Fsp3) is 0.250. The van der Waals surface area contributed by atoms with Crippen LogP contribution < -0.4 is 5.32 Å². The van der Waals surface area contributed by atoms with E-state index in [0.29, 0.717) is 10.6 Å². The first-order valence-corrected chi connectivity index (χ1v) is 8.11. The van der Waals surface area contributed by atoms with Crippen molar-refractivity contribution >= 4 is 34.8 Å². The summed E-state index contributed by atoms with van der Waals surface area (Å²) in [4.78, 5) is 24.1. The van der Waals surface area contributed by atoms with Crippen molar-refractivity contribution in [3.63, 3.8) is 0 Å². The molecule has 0 aliphatic heterocycles. The Balaban J connectivity index is 2.27. The van der Waals surface area contributed by atoms with Gasteiger partial charge in [-0.1, -0.05) is 30.7 Å². The third kappa shape index (κ3) is 3.48. The second-order valence-corrected chi connectivity index (χ2v) is 6.14. The van der Waals surface area contributed by atoms with Gasteiger partial charge in [-0.15, -0.1) is 0 Å². The molecule has 0 aliphatic rings. The number of aliphatic carboxylic acids is 1. The monoisotopic (exact) mass is 337 g/mol. The molecule has 1 unspecified atom stereocenters. The van der Waals surface area contributed by atoms with Crippen LogP contribution in [-0.2, 0) is 21.5 Å². The van der Waals surface area contributed by atoms with Gasteiger partial charge in [0.25, 0.3) is 0 Å². The lowest BCUT2D eigenvalue weighted by Crippen LogP contribution is -2.51. The molecule has 6 heteroatoms. The number of carbonyl (C=O) groups is 2. The molecule has 2 N–H and O–H groups in total. The van der Waals surface area contributed by atoms with Gasteiger partial charge in [-0.25, -0.2) is 4.79 Å². The average Bonchev–Trinajstić information content (AvgIpc) is 2.98. The number of hydrogen-bond donors (Lipinski definition) is 2. The van der Waals surface area contributed by atoms with Crippen molar-refractivity contribution in [3.05, 3.63) is 57.2 Å². The molecule has 1 heterocycles. The molecular formula is C16H16ClNO3S. The maximum atomic E-state index is 12.2. The van der Waals surface area contributed by atoms with Crippen LogP contribution in [0.25, 0.3) is 0 Å². The zero-order valence-corrected chi connectivity index (χ0v) is 13.6. The van der Waals surface area contributed by atoms with Gasteiger partial charge in [-0.2, -0.15) is 11.3 Å². The third-order valence-electron chi connectivity index (χ3n) is 3.53. The van der Waals surface area contributed by atoms with E-state index in [2.05, 4.69) is 5.32 Å². The first-order chi connectivity index (χ1) is 10.5. The topological polar surface area (TPSA) is 66.4 Å². The highest BCUT2D eigenvalue weighted by Crippen LogP contribution is 2.27. The van der Waals surface area contributed by atoms with Crippen molar-refractivity contribution < 1.29 is 14.7 Å². The SMILES string of the molecule is CCC(NC(=O)Cc1ccsc1)(C(=O)O)c1ccc(Cl)cc1. The lowest BCUT2D eigenvalue weighted by Gasteiger charge is -2.30. The van der Waals surface area contributed by atoms with Crippen LogP contribution >= 0.6 is 22.9 Å². The summed E-state index contributed by atoms with van der Waals surface area (Å²) in [5.41, 5.74) is -0.0721. The van der Waals surface area contributed by atoms with Crippen LogP contribution in [0.4, 0.5) is 0 Å². The molecule has 116 valence electrons. The van der Waals surface area contributed by atoms with Crippen molar-refractivity contribution in [3.8, 4) is 0 Å². The molecular weight excluding hydrogens is 322 g/mol. The largest absolute Gasteiger partial charge is 0.479 e. The summed E-state index contributed by atoms with van der Waals surface area (Å²) in [6.07, 6.45) is 0.394. The molecule has 1 amide bonds. The standard InChI is InChI=1S/C16H16ClNO3S/c1-2-16(15(20)21,12-3-5-13(17)6-4-12)18-14(19)9-11-7-8-22-10-11/h3-8,10H,2,9H2,1H3,(H,18,19)(H,20,21). The van der Waals surface area contributed by atoms with Crippen molar-refractivity contribution in [2.75, 3.05) is 0 Å². The first kappa shape index (κ1) is 16.5. The molecule has 0 spiro atoms. The molecule has 0 radical (unpaired) electrons. The summed E-state index contributed by atoms with van der Waals surface area (Å²) in [5.74, 6) is -1.41. The van der Waals surface area contributed by atoms with Gasteiger partial charge in [0, 0.05) is 5.02 Å². The average molecular weight is 338 g/mol. The van der Waals surface area contributed by atoms with Gasteiger partial charge in [-0.05, 0) is 46.5 Å². The molecule has 0 fully saturated rings. The highest BCUT2D eigenvalue weighted by molar-refractivity contribution is 7.08. The molecule has 1 aromatic carbocycles. The van der Waals surface area contributed by atoms with Crippen LogP contribution in [0.5, 0.6) is 0 Å². The summed E-state index contributed by atoms with van der Waals surface area (Å²) >= 11 is 7.35.